The number of rotatable bonds is 8. The van der Waals surface area contributed by atoms with Gasteiger partial charge in [0.05, 0.1) is 14.2 Å². The second-order valence-electron chi connectivity index (χ2n) is 8.04. The van der Waals surface area contributed by atoms with Crippen molar-refractivity contribution in [1.82, 2.24) is 0 Å². The van der Waals surface area contributed by atoms with Gasteiger partial charge in [-0.15, -0.1) is 0 Å². The van der Waals surface area contributed by atoms with Crippen molar-refractivity contribution in [3.8, 4) is 23.0 Å². The monoisotopic (exact) mass is 506 g/mol. The third-order valence-electron chi connectivity index (χ3n) is 6.08. The molecule has 0 radical (unpaired) electrons. The first-order valence-electron chi connectivity index (χ1n) is 11.1. The summed E-state index contributed by atoms with van der Waals surface area (Å²) in [5.41, 5.74) is -1.04. The maximum Gasteiger partial charge on any atom is 0.229 e. The Morgan fingerprint density at radius 3 is 1.95 bits per heavy atom. The van der Waals surface area contributed by atoms with Gasteiger partial charge in [-0.2, -0.15) is 0 Å². The molecule has 0 saturated carbocycles. The van der Waals surface area contributed by atoms with Crippen molar-refractivity contribution in [3.05, 3.63) is 69.1 Å². The molecule has 0 fully saturated rings. The lowest BCUT2D eigenvalue weighted by molar-refractivity contribution is 0.0500. The molecule has 0 bridgehead atoms. The van der Waals surface area contributed by atoms with Gasteiger partial charge in [0.15, 0.2) is 30.7 Å². The lowest BCUT2D eigenvalue weighted by Crippen LogP contribution is -2.28. The predicted octanol–water partition coefficient (Wildman–Crippen LogP) is 3.70. The molecule has 0 N–H and O–H groups in total. The van der Waals surface area contributed by atoms with Crippen LogP contribution in [0.3, 0.4) is 0 Å². The molecule has 0 saturated heterocycles. The normalized spacial score (nSPS) is 12.4. The summed E-state index contributed by atoms with van der Waals surface area (Å²) in [6.45, 7) is -0.156. The standard InChI is InChI=1S/C27H22O10/c1-31-11-35-15-7-9-17(36-12-32-2)19-13(15)5-6-14-20(19)24(29)22-25(30)21-16(33-3)8-10-18(34-4)26(21)37-27(22)23(14)28/h5-10H,11-12H2,1-4H3. The molecule has 1 aliphatic rings. The minimum absolute atomic E-state index is 0.00233. The van der Waals surface area contributed by atoms with Crippen molar-refractivity contribution in [2.75, 3.05) is 42.0 Å². The van der Waals surface area contributed by atoms with Gasteiger partial charge in [0.25, 0.3) is 0 Å². The molecule has 4 aromatic rings. The third-order valence-corrected chi connectivity index (χ3v) is 6.08. The van der Waals surface area contributed by atoms with Gasteiger partial charge in [0.1, 0.15) is 28.2 Å². The van der Waals surface area contributed by atoms with Crippen molar-refractivity contribution in [3.63, 3.8) is 0 Å². The Bertz CT molecular complexity index is 1630. The highest BCUT2D eigenvalue weighted by Crippen LogP contribution is 2.42. The average Bonchev–Trinajstić information content (AvgIpc) is 2.92. The first-order chi connectivity index (χ1) is 18.0. The summed E-state index contributed by atoms with van der Waals surface area (Å²) in [6, 6.07) is 9.45. The second-order valence-corrected chi connectivity index (χ2v) is 8.04. The van der Waals surface area contributed by atoms with Crippen LogP contribution in [-0.2, 0) is 9.47 Å². The zero-order valence-corrected chi connectivity index (χ0v) is 20.5. The number of methoxy groups -OCH3 is 4. The van der Waals surface area contributed by atoms with Crippen molar-refractivity contribution in [2.24, 2.45) is 0 Å². The van der Waals surface area contributed by atoms with Crippen LogP contribution in [0.25, 0.3) is 21.7 Å². The van der Waals surface area contributed by atoms with E-state index in [2.05, 4.69) is 0 Å². The van der Waals surface area contributed by atoms with Crippen LogP contribution in [0.15, 0.2) is 45.6 Å². The SMILES string of the molecule is COCOc1ccc(OCOC)c2c3c(ccc12)C(=O)c1oc2c(OC)ccc(OC)c2c(=O)c1C3=O. The molecule has 1 aromatic heterocycles. The number of benzene rings is 3. The Kier molecular flexibility index (Phi) is 6.28. The summed E-state index contributed by atoms with van der Waals surface area (Å²) >= 11 is 0. The van der Waals surface area contributed by atoms with Gasteiger partial charge in [-0.1, -0.05) is 0 Å². The molecular formula is C27H22O10. The van der Waals surface area contributed by atoms with Gasteiger partial charge >= 0.3 is 0 Å². The fourth-order valence-electron chi connectivity index (χ4n) is 4.49. The fraction of sp³-hybridized carbons (Fsp3) is 0.222. The second kappa shape index (κ2) is 9.57. The summed E-state index contributed by atoms with van der Waals surface area (Å²) in [5, 5.41) is 0.771. The minimum Gasteiger partial charge on any atom is -0.496 e. The van der Waals surface area contributed by atoms with Crippen LogP contribution in [0.2, 0.25) is 0 Å². The summed E-state index contributed by atoms with van der Waals surface area (Å²) < 4.78 is 38.0. The van der Waals surface area contributed by atoms with E-state index in [-0.39, 0.29) is 58.7 Å². The summed E-state index contributed by atoms with van der Waals surface area (Å²) in [5.74, 6) is -0.628. The molecule has 0 spiro atoms. The van der Waals surface area contributed by atoms with Crippen molar-refractivity contribution in [1.29, 1.82) is 0 Å². The van der Waals surface area contributed by atoms with Gasteiger partial charge in [-0.05, 0) is 36.4 Å². The first kappa shape index (κ1) is 24.3. The quantitative estimate of drug-likeness (QED) is 0.288. The van der Waals surface area contributed by atoms with Gasteiger partial charge in [-0.25, -0.2) is 0 Å². The van der Waals surface area contributed by atoms with E-state index in [1.54, 1.807) is 24.3 Å². The highest BCUT2D eigenvalue weighted by Gasteiger charge is 2.38. The van der Waals surface area contributed by atoms with E-state index in [0.717, 1.165) is 0 Å². The molecule has 0 amide bonds. The maximum absolute atomic E-state index is 14.0. The first-order valence-corrected chi connectivity index (χ1v) is 11.1. The van der Waals surface area contributed by atoms with E-state index >= 15 is 0 Å². The zero-order chi connectivity index (χ0) is 26.3. The average molecular weight is 506 g/mol. The molecule has 0 aliphatic heterocycles. The molecule has 5 rings (SSSR count). The number of carbonyl (C=O) groups is 2. The Labute approximate surface area is 210 Å². The lowest BCUT2D eigenvalue weighted by Gasteiger charge is -2.21. The number of ketones is 2. The van der Waals surface area contributed by atoms with Crippen LogP contribution in [0, 0.1) is 0 Å². The van der Waals surface area contributed by atoms with Gasteiger partial charge < -0.3 is 32.8 Å². The fourth-order valence-corrected chi connectivity index (χ4v) is 4.49. The molecule has 1 heterocycles. The minimum atomic E-state index is -0.709. The van der Waals surface area contributed by atoms with E-state index in [9.17, 15) is 14.4 Å². The maximum atomic E-state index is 14.0. The van der Waals surface area contributed by atoms with E-state index in [1.165, 1.54) is 40.6 Å². The number of carbonyl (C=O) groups excluding carboxylic acids is 2. The Hall–Kier alpha value is -4.41. The van der Waals surface area contributed by atoms with E-state index in [1.807, 2.05) is 0 Å². The van der Waals surface area contributed by atoms with Crippen molar-refractivity contribution >= 4 is 33.3 Å². The van der Waals surface area contributed by atoms with Crippen LogP contribution in [0.4, 0.5) is 0 Å². The number of hydrogen-bond acceptors (Lipinski definition) is 10. The van der Waals surface area contributed by atoms with E-state index < -0.39 is 22.6 Å². The topological polar surface area (TPSA) is 120 Å². The van der Waals surface area contributed by atoms with Crippen LogP contribution in [0.5, 0.6) is 23.0 Å². The van der Waals surface area contributed by atoms with E-state index in [0.29, 0.717) is 16.5 Å². The van der Waals surface area contributed by atoms with E-state index in [4.69, 9.17) is 32.8 Å². The van der Waals surface area contributed by atoms with Gasteiger partial charge in [0, 0.05) is 36.1 Å². The molecule has 1 aliphatic carbocycles. The molecular weight excluding hydrogens is 484 g/mol. The highest BCUT2D eigenvalue weighted by molar-refractivity contribution is 6.32. The largest absolute Gasteiger partial charge is 0.496 e. The number of ether oxygens (including phenoxy) is 6. The summed E-state index contributed by atoms with van der Waals surface area (Å²) in [4.78, 5) is 41.4. The third kappa shape index (κ3) is 3.69. The van der Waals surface area contributed by atoms with Gasteiger partial charge in [-0.3, -0.25) is 14.4 Å². The van der Waals surface area contributed by atoms with Crippen LogP contribution < -0.4 is 24.4 Å². The Morgan fingerprint density at radius 2 is 1.27 bits per heavy atom. The van der Waals surface area contributed by atoms with Gasteiger partial charge in [0.2, 0.25) is 17.0 Å². The van der Waals surface area contributed by atoms with Crippen LogP contribution in [-0.4, -0.2) is 53.6 Å². The summed E-state index contributed by atoms with van der Waals surface area (Å²) in [6.07, 6.45) is 0. The molecule has 10 heteroatoms. The summed E-state index contributed by atoms with van der Waals surface area (Å²) in [7, 11) is 5.72. The zero-order valence-electron chi connectivity index (χ0n) is 20.5. The van der Waals surface area contributed by atoms with Crippen LogP contribution in [0.1, 0.15) is 32.0 Å². The molecule has 37 heavy (non-hydrogen) atoms. The number of fused-ring (bicyclic) bond motifs is 5. The molecule has 0 unspecified atom stereocenters. The van der Waals surface area contributed by atoms with Crippen molar-refractivity contribution < 1.29 is 42.4 Å². The lowest BCUT2D eigenvalue weighted by atomic mass is 9.83. The number of hydrogen-bond donors (Lipinski definition) is 0. The predicted molar refractivity (Wildman–Crippen MR) is 131 cm³/mol. The Morgan fingerprint density at radius 1 is 0.649 bits per heavy atom. The van der Waals surface area contributed by atoms with Crippen molar-refractivity contribution in [2.45, 2.75) is 0 Å². The smallest absolute Gasteiger partial charge is 0.229 e. The molecule has 190 valence electrons. The molecule has 3 aromatic carbocycles. The molecule has 0 atom stereocenters. The Balaban J connectivity index is 1.85. The van der Waals surface area contributed by atoms with Crippen LogP contribution >= 0.6 is 0 Å². The highest BCUT2D eigenvalue weighted by atomic mass is 16.7. The molecule has 10 nitrogen and oxygen atoms in total.